The highest BCUT2D eigenvalue weighted by molar-refractivity contribution is 6.40. The van der Waals surface area contributed by atoms with Crippen molar-refractivity contribution in [1.82, 2.24) is 0 Å². The molecule has 0 heterocycles. The van der Waals surface area contributed by atoms with E-state index in [0.29, 0.717) is 0 Å². The van der Waals surface area contributed by atoms with Gasteiger partial charge in [0, 0.05) is 6.92 Å². The van der Waals surface area contributed by atoms with E-state index in [2.05, 4.69) is 4.74 Å². The summed E-state index contributed by atoms with van der Waals surface area (Å²) in [6, 6.07) is 0. The second-order valence-electron chi connectivity index (χ2n) is 2.17. The maximum atomic E-state index is 10.8. The van der Waals surface area contributed by atoms with Gasteiger partial charge in [-0.25, -0.2) is 0 Å². The highest BCUT2D eigenvalue weighted by Gasteiger charge is 2.24. The third-order valence-corrected chi connectivity index (χ3v) is 1.30. The monoisotopic (exact) mass is 158 g/mol. The molecule has 0 aromatic rings. The number of ketones is 2. The summed E-state index contributed by atoms with van der Waals surface area (Å²) < 4.78 is 4.27. The lowest BCUT2D eigenvalue weighted by Gasteiger charge is -2.03. The Labute approximate surface area is 64.5 Å². The van der Waals surface area contributed by atoms with Crippen LogP contribution in [0.1, 0.15) is 13.8 Å². The van der Waals surface area contributed by atoms with E-state index in [0.717, 1.165) is 6.92 Å². The molecule has 1 unspecified atom stereocenters. The summed E-state index contributed by atoms with van der Waals surface area (Å²) >= 11 is 0. The maximum absolute atomic E-state index is 10.8. The highest BCUT2D eigenvalue weighted by Crippen LogP contribution is 1.99. The van der Waals surface area contributed by atoms with E-state index in [1.165, 1.54) is 14.0 Å². The molecular weight excluding hydrogens is 148 g/mol. The van der Waals surface area contributed by atoms with Gasteiger partial charge in [0.1, 0.15) is 5.92 Å². The Morgan fingerprint density at radius 1 is 1.27 bits per heavy atom. The van der Waals surface area contributed by atoms with Crippen LogP contribution in [0.4, 0.5) is 0 Å². The van der Waals surface area contributed by atoms with Gasteiger partial charge in [-0.3, -0.25) is 14.4 Å². The molecule has 4 nitrogen and oxygen atoms in total. The fourth-order valence-electron chi connectivity index (χ4n) is 0.589. The van der Waals surface area contributed by atoms with E-state index in [9.17, 15) is 14.4 Å². The molecule has 0 saturated heterocycles. The Morgan fingerprint density at radius 2 is 1.73 bits per heavy atom. The lowest BCUT2D eigenvalue weighted by Crippen LogP contribution is -2.27. The minimum absolute atomic E-state index is 0.622. The van der Waals surface area contributed by atoms with Gasteiger partial charge in [0.2, 0.25) is 5.78 Å². The molecule has 1 atom stereocenters. The minimum atomic E-state index is -0.975. The Kier molecular flexibility index (Phi) is 3.44. The zero-order valence-corrected chi connectivity index (χ0v) is 6.71. The molecule has 0 rings (SSSR count). The largest absolute Gasteiger partial charge is 0.468 e. The predicted molar refractivity (Wildman–Crippen MR) is 36.9 cm³/mol. The summed E-state index contributed by atoms with van der Waals surface area (Å²) in [4.78, 5) is 31.9. The van der Waals surface area contributed by atoms with E-state index in [4.69, 9.17) is 0 Å². The average Bonchev–Trinajstić information content (AvgIpc) is 2.00. The first-order valence-corrected chi connectivity index (χ1v) is 3.13. The van der Waals surface area contributed by atoms with Crippen molar-refractivity contribution >= 4 is 17.5 Å². The van der Waals surface area contributed by atoms with Crippen molar-refractivity contribution in [3.05, 3.63) is 0 Å². The number of Topliss-reactive ketones (excluding diaryl/α,β-unsaturated/α-hetero) is 2. The molecule has 11 heavy (non-hydrogen) atoms. The maximum Gasteiger partial charge on any atom is 0.316 e. The Balaban J connectivity index is 4.25. The molecule has 0 aliphatic rings. The van der Waals surface area contributed by atoms with Crippen molar-refractivity contribution in [1.29, 1.82) is 0 Å². The first-order valence-electron chi connectivity index (χ1n) is 3.13. The highest BCUT2D eigenvalue weighted by atomic mass is 16.5. The van der Waals surface area contributed by atoms with Crippen molar-refractivity contribution in [2.75, 3.05) is 7.11 Å². The van der Waals surface area contributed by atoms with Crippen LogP contribution in [0.2, 0.25) is 0 Å². The Morgan fingerprint density at radius 3 is 2.00 bits per heavy atom. The van der Waals surface area contributed by atoms with Gasteiger partial charge in [-0.05, 0) is 6.92 Å². The molecule has 0 spiro atoms. The van der Waals surface area contributed by atoms with Crippen LogP contribution in [-0.2, 0) is 19.1 Å². The summed E-state index contributed by atoms with van der Waals surface area (Å²) in [7, 11) is 1.17. The quantitative estimate of drug-likeness (QED) is 0.328. The normalized spacial score (nSPS) is 11.9. The van der Waals surface area contributed by atoms with Crippen molar-refractivity contribution < 1.29 is 19.1 Å². The van der Waals surface area contributed by atoms with Crippen LogP contribution in [0, 0.1) is 5.92 Å². The molecule has 4 heteroatoms. The van der Waals surface area contributed by atoms with Crippen LogP contribution in [0.5, 0.6) is 0 Å². The molecule has 0 fully saturated rings. The van der Waals surface area contributed by atoms with E-state index in [-0.39, 0.29) is 0 Å². The van der Waals surface area contributed by atoms with E-state index < -0.39 is 23.5 Å². The summed E-state index contributed by atoms with van der Waals surface area (Å²) in [6.07, 6.45) is 0. The molecule has 0 aliphatic carbocycles. The second kappa shape index (κ2) is 3.85. The van der Waals surface area contributed by atoms with Crippen molar-refractivity contribution in [3.8, 4) is 0 Å². The standard InChI is InChI=1S/C7H10O4/c1-4(7(10)11-3)6(9)5(2)8/h4H,1-3H3. The van der Waals surface area contributed by atoms with Crippen LogP contribution >= 0.6 is 0 Å². The van der Waals surface area contributed by atoms with Crippen molar-refractivity contribution in [3.63, 3.8) is 0 Å². The Bertz CT molecular complexity index is 195. The molecule has 0 bridgehead atoms. The fourth-order valence-corrected chi connectivity index (χ4v) is 0.589. The summed E-state index contributed by atoms with van der Waals surface area (Å²) in [5.74, 6) is -2.98. The topological polar surface area (TPSA) is 60.4 Å². The number of carbonyl (C=O) groups excluding carboxylic acids is 3. The van der Waals surface area contributed by atoms with Gasteiger partial charge in [-0.2, -0.15) is 0 Å². The molecule has 0 aliphatic heterocycles. The number of methoxy groups -OCH3 is 1. The third-order valence-electron chi connectivity index (χ3n) is 1.30. The van der Waals surface area contributed by atoms with Gasteiger partial charge in [-0.15, -0.1) is 0 Å². The summed E-state index contributed by atoms with van der Waals surface area (Å²) in [5.41, 5.74) is 0. The number of hydrogen-bond acceptors (Lipinski definition) is 4. The van der Waals surface area contributed by atoms with Gasteiger partial charge in [-0.1, -0.05) is 0 Å². The van der Waals surface area contributed by atoms with Gasteiger partial charge >= 0.3 is 5.97 Å². The van der Waals surface area contributed by atoms with Gasteiger partial charge in [0.15, 0.2) is 5.78 Å². The van der Waals surface area contributed by atoms with E-state index in [1.807, 2.05) is 0 Å². The molecule has 0 aromatic carbocycles. The average molecular weight is 158 g/mol. The van der Waals surface area contributed by atoms with Gasteiger partial charge in [0.25, 0.3) is 0 Å². The molecule has 0 saturated carbocycles. The van der Waals surface area contributed by atoms with Crippen LogP contribution in [0.3, 0.4) is 0 Å². The molecular formula is C7H10O4. The summed E-state index contributed by atoms with van der Waals surface area (Å²) in [5, 5.41) is 0. The zero-order chi connectivity index (χ0) is 9.02. The number of rotatable bonds is 3. The van der Waals surface area contributed by atoms with Crippen LogP contribution in [0.15, 0.2) is 0 Å². The SMILES string of the molecule is COC(=O)C(C)C(=O)C(C)=O. The van der Waals surface area contributed by atoms with E-state index >= 15 is 0 Å². The van der Waals surface area contributed by atoms with Crippen molar-refractivity contribution in [2.45, 2.75) is 13.8 Å². The van der Waals surface area contributed by atoms with Crippen LogP contribution < -0.4 is 0 Å². The lowest BCUT2D eigenvalue weighted by molar-refractivity contribution is -0.151. The molecule has 0 radical (unpaired) electrons. The number of hydrogen-bond donors (Lipinski definition) is 0. The minimum Gasteiger partial charge on any atom is -0.468 e. The molecule has 0 aromatic heterocycles. The predicted octanol–water partition coefficient (Wildman–Crippen LogP) is -0.0464. The number of ether oxygens (including phenoxy) is 1. The number of carbonyl (C=O) groups is 3. The summed E-state index contributed by atoms with van der Waals surface area (Å²) in [6.45, 7) is 2.47. The van der Waals surface area contributed by atoms with Crippen molar-refractivity contribution in [2.24, 2.45) is 5.92 Å². The lowest BCUT2D eigenvalue weighted by atomic mass is 10.0. The van der Waals surface area contributed by atoms with E-state index in [1.54, 1.807) is 0 Å². The van der Waals surface area contributed by atoms with Gasteiger partial charge < -0.3 is 4.74 Å². The first kappa shape index (κ1) is 9.81. The van der Waals surface area contributed by atoms with Gasteiger partial charge in [0.05, 0.1) is 7.11 Å². The molecule has 0 N–H and O–H groups in total. The second-order valence-corrected chi connectivity index (χ2v) is 2.17. The third kappa shape index (κ3) is 2.49. The Hall–Kier alpha value is -1.19. The fraction of sp³-hybridized carbons (Fsp3) is 0.571. The molecule has 0 amide bonds. The zero-order valence-electron chi connectivity index (χ0n) is 6.71. The smallest absolute Gasteiger partial charge is 0.316 e. The first-order chi connectivity index (χ1) is 5.00. The van der Waals surface area contributed by atoms with Crippen LogP contribution in [-0.4, -0.2) is 24.6 Å². The van der Waals surface area contributed by atoms with Crippen LogP contribution in [0.25, 0.3) is 0 Å². The number of esters is 1. The molecule has 62 valence electrons.